The Bertz CT molecular complexity index is 850. The zero-order valence-electron chi connectivity index (χ0n) is 11.7. The monoisotopic (exact) mass is 333 g/mol. The van der Waals surface area contributed by atoms with Gasteiger partial charge >= 0.3 is 0 Å². The largest absolute Gasteiger partial charge is 0.496 e. The highest BCUT2D eigenvalue weighted by Crippen LogP contribution is 2.26. The highest BCUT2D eigenvalue weighted by atomic mass is 35.5. The van der Waals surface area contributed by atoms with Gasteiger partial charge < -0.3 is 4.74 Å². The van der Waals surface area contributed by atoms with Gasteiger partial charge in [0, 0.05) is 10.6 Å². The van der Waals surface area contributed by atoms with Gasteiger partial charge in [0.1, 0.15) is 16.7 Å². The summed E-state index contributed by atoms with van der Waals surface area (Å²) in [4.78, 5) is -0.348. The van der Waals surface area contributed by atoms with Gasteiger partial charge in [-0.3, -0.25) is 0 Å². The summed E-state index contributed by atoms with van der Waals surface area (Å²) in [6, 6.07) is 14.3. The SMILES string of the molecule is COc1ccccc1/C=C(\C#N)S(=O)(=O)c1ccc(Cl)cc1. The predicted octanol–water partition coefficient (Wildman–Crippen LogP) is 3.69. The normalized spacial score (nSPS) is 11.8. The van der Waals surface area contributed by atoms with Crippen molar-refractivity contribution < 1.29 is 13.2 Å². The molecule has 0 unspecified atom stereocenters. The molecule has 0 fully saturated rings. The van der Waals surface area contributed by atoms with Gasteiger partial charge in [-0.15, -0.1) is 0 Å². The topological polar surface area (TPSA) is 67.2 Å². The molecule has 0 spiro atoms. The van der Waals surface area contributed by atoms with Crippen molar-refractivity contribution in [3.8, 4) is 11.8 Å². The first-order valence-corrected chi connectivity index (χ1v) is 8.10. The van der Waals surface area contributed by atoms with Crippen LogP contribution in [-0.2, 0) is 9.84 Å². The first-order valence-electron chi connectivity index (χ1n) is 6.24. The lowest BCUT2D eigenvalue weighted by Crippen LogP contribution is -2.03. The number of ether oxygens (including phenoxy) is 1. The maximum absolute atomic E-state index is 12.5. The number of halogens is 1. The van der Waals surface area contributed by atoms with Crippen LogP contribution in [0.5, 0.6) is 5.75 Å². The van der Waals surface area contributed by atoms with Crippen LogP contribution in [0.1, 0.15) is 5.56 Å². The van der Waals surface area contributed by atoms with Crippen molar-refractivity contribution in [2.75, 3.05) is 7.11 Å². The van der Waals surface area contributed by atoms with E-state index < -0.39 is 9.84 Å². The Hall–Kier alpha value is -2.29. The average molecular weight is 334 g/mol. The molecule has 6 heteroatoms. The molecule has 112 valence electrons. The second-order valence-corrected chi connectivity index (χ2v) is 6.67. The second kappa shape index (κ2) is 6.65. The Morgan fingerprint density at radius 3 is 2.41 bits per heavy atom. The third-order valence-corrected chi connectivity index (χ3v) is 4.88. The van der Waals surface area contributed by atoms with Gasteiger partial charge in [-0.25, -0.2) is 8.42 Å². The van der Waals surface area contributed by atoms with Crippen molar-refractivity contribution in [1.82, 2.24) is 0 Å². The standard InChI is InChI=1S/C16H12ClNO3S/c1-21-16-5-3-2-4-12(16)10-15(11-18)22(19,20)14-8-6-13(17)7-9-14/h2-10H,1H3/b15-10+. The van der Waals surface area contributed by atoms with Crippen molar-refractivity contribution in [2.45, 2.75) is 4.90 Å². The summed E-state index contributed by atoms with van der Waals surface area (Å²) in [5, 5.41) is 9.66. The molecule has 22 heavy (non-hydrogen) atoms. The van der Waals surface area contributed by atoms with E-state index in [2.05, 4.69) is 0 Å². The smallest absolute Gasteiger partial charge is 0.216 e. The summed E-state index contributed by atoms with van der Waals surface area (Å²) in [7, 11) is -2.43. The van der Waals surface area contributed by atoms with Crippen LogP contribution in [0.25, 0.3) is 6.08 Å². The van der Waals surface area contributed by atoms with Crippen LogP contribution in [0, 0.1) is 11.3 Å². The van der Waals surface area contributed by atoms with E-state index in [9.17, 15) is 13.7 Å². The molecule has 0 heterocycles. The van der Waals surface area contributed by atoms with Gasteiger partial charge in [0.2, 0.25) is 9.84 Å². The molecule has 0 bridgehead atoms. The summed E-state index contributed by atoms with van der Waals surface area (Å²) in [5.74, 6) is 0.488. The number of hydrogen-bond acceptors (Lipinski definition) is 4. The minimum absolute atomic E-state index is 0.0135. The number of nitriles is 1. The number of allylic oxidation sites excluding steroid dienone is 1. The molecular formula is C16H12ClNO3S. The Labute approximate surface area is 134 Å². The molecular weight excluding hydrogens is 322 g/mol. The van der Waals surface area contributed by atoms with Crippen LogP contribution in [0.3, 0.4) is 0 Å². The average Bonchev–Trinajstić information content (AvgIpc) is 2.53. The van der Waals surface area contributed by atoms with E-state index >= 15 is 0 Å². The molecule has 0 amide bonds. The zero-order chi connectivity index (χ0) is 16.2. The summed E-state index contributed by atoms with van der Waals surface area (Å²) in [6.07, 6.45) is 1.29. The van der Waals surface area contributed by atoms with Crippen molar-refractivity contribution in [2.24, 2.45) is 0 Å². The predicted molar refractivity (Wildman–Crippen MR) is 85.2 cm³/mol. The maximum atomic E-state index is 12.5. The first-order chi connectivity index (χ1) is 10.5. The van der Waals surface area contributed by atoms with Gasteiger partial charge in [-0.05, 0) is 36.4 Å². The number of nitrogens with zero attached hydrogens (tertiary/aromatic N) is 1. The molecule has 0 atom stereocenters. The third-order valence-electron chi connectivity index (χ3n) is 2.95. The lowest BCUT2D eigenvalue weighted by atomic mass is 10.2. The molecule has 0 saturated carbocycles. The minimum Gasteiger partial charge on any atom is -0.496 e. The molecule has 4 nitrogen and oxygen atoms in total. The van der Waals surface area contributed by atoms with E-state index in [4.69, 9.17) is 16.3 Å². The molecule has 2 rings (SSSR count). The van der Waals surface area contributed by atoms with Crippen molar-refractivity contribution in [1.29, 1.82) is 5.26 Å². The minimum atomic E-state index is -3.91. The second-order valence-electron chi connectivity index (χ2n) is 4.32. The van der Waals surface area contributed by atoms with Crippen LogP contribution in [0.2, 0.25) is 5.02 Å². The Morgan fingerprint density at radius 2 is 1.82 bits per heavy atom. The molecule has 2 aromatic carbocycles. The van der Waals surface area contributed by atoms with E-state index in [1.165, 1.54) is 37.5 Å². The van der Waals surface area contributed by atoms with E-state index in [1.54, 1.807) is 30.3 Å². The number of methoxy groups -OCH3 is 1. The number of benzene rings is 2. The van der Waals surface area contributed by atoms with E-state index in [-0.39, 0.29) is 9.80 Å². The van der Waals surface area contributed by atoms with Crippen molar-refractivity contribution in [3.05, 3.63) is 64.0 Å². The molecule has 0 aliphatic heterocycles. The first kappa shape index (κ1) is 16.1. The number of sulfone groups is 1. The number of hydrogen-bond donors (Lipinski definition) is 0. The van der Waals surface area contributed by atoms with Gasteiger partial charge in [-0.2, -0.15) is 5.26 Å². The lowest BCUT2D eigenvalue weighted by Gasteiger charge is -2.06. The summed E-state index contributed by atoms with van der Waals surface area (Å²) >= 11 is 5.75. The van der Waals surface area contributed by atoms with Crippen LogP contribution in [-0.4, -0.2) is 15.5 Å². The third kappa shape index (κ3) is 3.30. The van der Waals surface area contributed by atoms with Crippen molar-refractivity contribution >= 4 is 27.5 Å². The van der Waals surface area contributed by atoms with Gasteiger partial charge in [0.05, 0.1) is 12.0 Å². The molecule has 2 aromatic rings. The number of rotatable bonds is 4. The van der Waals surface area contributed by atoms with E-state index in [0.717, 1.165) is 0 Å². The van der Waals surface area contributed by atoms with Gasteiger partial charge in [-0.1, -0.05) is 29.8 Å². The Kier molecular flexibility index (Phi) is 4.86. The van der Waals surface area contributed by atoms with Crippen LogP contribution < -0.4 is 4.74 Å². The van der Waals surface area contributed by atoms with Gasteiger partial charge in [0.25, 0.3) is 0 Å². The quantitative estimate of drug-likeness (QED) is 0.800. The van der Waals surface area contributed by atoms with Crippen molar-refractivity contribution in [3.63, 3.8) is 0 Å². The van der Waals surface area contributed by atoms with Crippen LogP contribution >= 0.6 is 11.6 Å². The fourth-order valence-electron chi connectivity index (χ4n) is 1.84. The highest BCUT2D eigenvalue weighted by molar-refractivity contribution is 7.95. The summed E-state index contributed by atoms with van der Waals surface area (Å²) in [6.45, 7) is 0. The molecule has 0 aliphatic carbocycles. The summed E-state index contributed by atoms with van der Waals surface area (Å²) in [5.41, 5.74) is 0.513. The molecule has 0 saturated heterocycles. The molecule has 0 radical (unpaired) electrons. The molecule has 0 aromatic heterocycles. The summed E-state index contributed by atoms with van der Waals surface area (Å²) < 4.78 is 30.2. The fraction of sp³-hybridized carbons (Fsp3) is 0.0625. The molecule has 0 N–H and O–H groups in total. The maximum Gasteiger partial charge on any atom is 0.216 e. The van der Waals surface area contributed by atoms with Crippen LogP contribution in [0.15, 0.2) is 58.3 Å². The zero-order valence-corrected chi connectivity index (χ0v) is 13.2. The Balaban J connectivity index is 2.54. The Morgan fingerprint density at radius 1 is 1.18 bits per heavy atom. The lowest BCUT2D eigenvalue weighted by molar-refractivity contribution is 0.414. The highest BCUT2D eigenvalue weighted by Gasteiger charge is 2.21. The fourth-order valence-corrected chi connectivity index (χ4v) is 3.11. The van der Waals surface area contributed by atoms with E-state index in [0.29, 0.717) is 16.3 Å². The van der Waals surface area contributed by atoms with E-state index in [1.807, 2.05) is 0 Å². The van der Waals surface area contributed by atoms with Crippen LogP contribution in [0.4, 0.5) is 0 Å². The number of para-hydroxylation sites is 1. The van der Waals surface area contributed by atoms with Gasteiger partial charge in [0.15, 0.2) is 0 Å². The molecule has 0 aliphatic rings.